The Morgan fingerprint density at radius 1 is 0.846 bits per heavy atom. The van der Waals surface area contributed by atoms with Gasteiger partial charge >= 0.3 is 0 Å². The molecule has 4 aliphatic rings. The highest BCUT2D eigenvalue weighted by atomic mass is 32.2. The Hall–Kier alpha value is -0.730. The molecule has 0 saturated heterocycles. The third kappa shape index (κ3) is 4.90. The average molecular weight is 551 g/mol. The Labute approximate surface area is 245 Å². The second-order valence-electron chi connectivity index (χ2n) is 15.9. The van der Waals surface area contributed by atoms with Crippen LogP contribution in [0, 0.1) is 45.3 Å². The van der Waals surface area contributed by atoms with Crippen LogP contribution in [0.4, 0.5) is 0 Å². The van der Waals surface area contributed by atoms with E-state index in [0.717, 1.165) is 35.2 Å². The quantitative estimate of drug-likeness (QED) is 0.325. The lowest BCUT2D eigenvalue weighted by atomic mass is 9.43. The lowest BCUT2D eigenvalue weighted by Gasteiger charge is -2.62. The van der Waals surface area contributed by atoms with Crippen molar-refractivity contribution >= 4 is 11.8 Å². The van der Waals surface area contributed by atoms with Gasteiger partial charge < -0.3 is 5.11 Å². The summed E-state index contributed by atoms with van der Waals surface area (Å²) in [6, 6.07) is 11.0. The Morgan fingerprint density at radius 3 is 2.26 bits per heavy atom. The third-order valence-corrected chi connectivity index (χ3v) is 15.1. The predicted molar refractivity (Wildman–Crippen MR) is 170 cm³/mol. The number of thioether (sulfide) groups is 1. The number of benzene rings is 1. The second kappa shape index (κ2) is 10.8. The van der Waals surface area contributed by atoms with Gasteiger partial charge in [0.25, 0.3) is 0 Å². The van der Waals surface area contributed by atoms with Gasteiger partial charge in [-0.15, -0.1) is 0 Å². The molecule has 0 bridgehead atoms. The summed E-state index contributed by atoms with van der Waals surface area (Å²) in [7, 11) is 0. The molecule has 6 unspecified atom stereocenters. The first-order valence-electron chi connectivity index (χ1n) is 16.4. The van der Waals surface area contributed by atoms with Crippen LogP contribution < -0.4 is 0 Å². The molecule has 5 rings (SSSR count). The van der Waals surface area contributed by atoms with E-state index in [9.17, 15) is 5.11 Å². The molecule has 1 aromatic carbocycles. The number of aliphatic hydroxyl groups excluding tert-OH is 1. The fourth-order valence-corrected chi connectivity index (χ4v) is 11.9. The van der Waals surface area contributed by atoms with Gasteiger partial charge in [-0.25, -0.2) is 0 Å². The van der Waals surface area contributed by atoms with E-state index in [4.69, 9.17) is 0 Å². The van der Waals surface area contributed by atoms with Crippen molar-refractivity contribution in [3.8, 4) is 0 Å². The fraction of sp³-hybridized carbons (Fsp3) is 0.784. The van der Waals surface area contributed by atoms with Crippen molar-refractivity contribution in [1.82, 2.24) is 0 Å². The molecule has 0 aromatic heterocycles. The zero-order valence-electron chi connectivity index (χ0n) is 26.5. The number of fused-ring (bicyclic) bond motifs is 4. The first-order valence-corrected chi connectivity index (χ1v) is 17.5. The topological polar surface area (TPSA) is 20.2 Å². The van der Waals surface area contributed by atoms with Crippen molar-refractivity contribution in [2.45, 2.75) is 137 Å². The van der Waals surface area contributed by atoms with Crippen LogP contribution in [0.15, 0.2) is 41.5 Å². The van der Waals surface area contributed by atoms with Gasteiger partial charge in [-0.1, -0.05) is 96.9 Å². The standard InChI is InChI=1S/C37H58OS/c1-25(2)31(39-24-27-12-10-9-11-13-27)16-14-26(3)28-18-22-37(8)30-15-17-32-34(4,5)33(38)20-21-35(32,6)29(30)19-23-36(28,37)7/h9-13,25-26,28,31-33,38H,14-24H2,1-8H3/t26?,28?,31?,32?,33-,35?,36?,37-/m0/s1. The Morgan fingerprint density at radius 2 is 1.56 bits per heavy atom. The monoisotopic (exact) mass is 550 g/mol. The highest BCUT2D eigenvalue weighted by Gasteiger charge is 2.63. The number of aliphatic hydroxyl groups is 1. The van der Waals surface area contributed by atoms with Crippen LogP contribution in [0.25, 0.3) is 0 Å². The van der Waals surface area contributed by atoms with E-state index in [1.54, 1.807) is 0 Å². The molecule has 2 heteroatoms. The molecule has 1 aromatic rings. The molecule has 218 valence electrons. The smallest absolute Gasteiger partial charge is 0.0594 e. The normalized spacial score (nSPS) is 39.2. The van der Waals surface area contributed by atoms with E-state index in [-0.39, 0.29) is 11.5 Å². The van der Waals surface area contributed by atoms with Gasteiger partial charge in [-0.05, 0) is 115 Å². The van der Waals surface area contributed by atoms with Gasteiger partial charge in [0.15, 0.2) is 0 Å². The largest absolute Gasteiger partial charge is 0.393 e. The molecule has 1 N–H and O–H groups in total. The van der Waals surface area contributed by atoms with Crippen LogP contribution in [0.5, 0.6) is 0 Å². The van der Waals surface area contributed by atoms with E-state index in [2.05, 4.69) is 97.5 Å². The van der Waals surface area contributed by atoms with Gasteiger partial charge in [-0.3, -0.25) is 0 Å². The molecule has 4 aliphatic carbocycles. The Kier molecular flexibility index (Phi) is 8.27. The van der Waals surface area contributed by atoms with Crippen LogP contribution in [0.3, 0.4) is 0 Å². The molecule has 0 radical (unpaired) electrons. The van der Waals surface area contributed by atoms with Crippen molar-refractivity contribution in [2.24, 2.45) is 45.3 Å². The number of allylic oxidation sites excluding steroid dienone is 2. The maximum absolute atomic E-state index is 10.9. The molecule has 8 atom stereocenters. The first kappa shape index (κ1) is 29.8. The summed E-state index contributed by atoms with van der Waals surface area (Å²) >= 11 is 2.19. The van der Waals surface area contributed by atoms with Crippen LogP contribution in [0.2, 0.25) is 0 Å². The van der Waals surface area contributed by atoms with Crippen molar-refractivity contribution in [1.29, 1.82) is 0 Å². The summed E-state index contributed by atoms with van der Waals surface area (Å²) in [5.41, 5.74) is 6.33. The third-order valence-electron chi connectivity index (χ3n) is 13.4. The highest BCUT2D eigenvalue weighted by molar-refractivity contribution is 7.99. The van der Waals surface area contributed by atoms with Crippen LogP contribution >= 0.6 is 11.8 Å². The van der Waals surface area contributed by atoms with E-state index in [0.29, 0.717) is 22.2 Å². The zero-order valence-corrected chi connectivity index (χ0v) is 27.3. The molecule has 39 heavy (non-hydrogen) atoms. The minimum Gasteiger partial charge on any atom is -0.393 e. The maximum atomic E-state index is 10.9. The van der Waals surface area contributed by atoms with E-state index < -0.39 is 0 Å². The Balaban J connectivity index is 1.30. The minimum atomic E-state index is -0.139. The molecule has 0 amide bonds. The molecule has 2 saturated carbocycles. The lowest BCUT2D eigenvalue weighted by Crippen LogP contribution is -2.55. The summed E-state index contributed by atoms with van der Waals surface area (Å²) in [6.45, 7) is 20.2. The van der Waals surface area contributed by atoms with Gasteiger partial charge in [0.1, 0.15) is 0 Å². The SMILES string of the molecule is CC(C)C(CCC(C)C1CC[C@@]2(C)C3=C(CCC12C)C1(C)CC[C@H](O)C(C)(C)C1CC3)SCc1ccccc1. The van der Waals surface area contributed by atoms with E-state index in [1.807, 2.05) is 11.1 Å². The number of hydrogen-bond acceptors (Lipinski definition) is 2. The number of hydrogen-bond donors (Lipinski definition) is 1. The summed E-state index contributed by atoms with van der Waals surface area (Å²) in [6.07, 6.45) is 12.8. The van der Waals surface area contributed by atoms with Gasteiger partial charge in [0.2, 0.25) is 0 Å². The van der Waals surface area contributed by atoms with Gasteiger partial charge in [-0.2, -0.15) is 11.8 Å². The predicted octanol–water partition coefficient (Wildman–Crippen LogP) is 10.5. The van der Waals surface area contributed by atoms with Crippen molar-refractivity contribution in [3.05, 3.63) is 47.0 Å². The maximum Gasteiger partial charge on any atom is 0.0594 e. The van der Waals surface area contributed by atoms with Crippen LogP contribution in [-0.2, 0) is 5.75 Å². The van der Waals surface area contributed by atoms with Crippen molar-refractivity contribution < 1.29 is 5.11 Å². The van der Waals surface area contributed by atoms with Crippen molar-refractivity contribution in [3.63, 3.8) is 0 Å². The van der Waals surface area contributed by atoms with E-state index >= 15 is 0 Å². The first-order chi connectivity index (χ1) is 18.3. The zero-order chi connectivity index (χ0) is 28.2. The van der Waals surface area contributed by atoms with Crippen molar-refractivity contribution in [2.75, 3.05) is 0 Å². The number of rotatable bonds is 8. The van der Waals surface area contributed by atoms with Crippen LogP contribution in [0.1, 0.15) is 125 Å². The second-order valence-corrected chi connectivity index (χ2v) is 17.1. The van der Waals surface area contributed by atoms with Crippen LogP contribution in [-0.4, -0.2) is 16.5 Å². The lowest BCUT2D eigenvalue weighted by molar-refractivity contribution is -0.0962. The molecular weight excluding hydrogens is 492 g/mol. The summed E-state index contributed by atoms with van der Waals surface area (Å²) < 4.78 is 0. The summed E-state index contributed by atoms with van der Waals surface area (Å²) in [5, 5.41) is 11.7. The fourth-order valence-electron chi connectivity index (χ4n) is 10.6. The summed E-state index contributed by atoms with van der Waals surface area (Å²) in [4.78, 5) is 0. The summed E-state index contributed by atoms with van der Waals surface area (Å²) in [5.74, 6) is 4.14. The molecule has 2 fully saturated rings. The Bertz CT molecular complexity index is 1040. The van der Waals surface area contributed by atoms with Gasteiger partial charge in [0.05, 0.1) is 6.10 Å². The van der Waals surface area contributed by atoms with E-state index in [1.165, 1.54) is 63.4 Å². The molecule has 0 spiro atoms. The van der Waals surface area contributed by atoms with Gasteiger partial charge in [0, 0.05) is 11.0 Å². The highest BCUT2D eigenvalue weighted by Crippen LogP contribution is 2.72. The molecule has 1 nitrogen and oxygen atoms in total. The average Bonchev–Trinajstić information content (AvgIpc) is 3.18. The molecule has 0 heterocycles. The molecule has 0 aliphatic heterocycles. The minimum absolute atomic E-state index is 0.0331. The molecular formula is C37H58OS.